The van der Waals surface area contributed by atoms with Crippen molar-refractivity contribution in [3.05, 3.63) is 65.7 Å². The minimum absolute atomic E-state index is 0. The fourth-order valence-corrected chi connectivity index (χ4v) is 4.44. The number of nitrogens with zero attached hydrogens (tertiary/aromatic N) is 2. The number of hydrogen-bond donors (Lipinski definition) is 1. The fraction of sp³-hybridized carbons (Fsp3) is 0.364. The normalized spacial score (nSPS) is 23.6. The van der Waals surface area contributed by atoms with Gasteiger partial charge in [0.1, 0.15) is 11.6 Å². The Morgan fingerprint density at radius 1 is 1.03 bits per heavy atom. The molecule has 0 aromatic heterocycles. The van der Waals surface area contributed by atoms with E-state index in [-0.39, 0.29) is 54.7 Å². The zero-order chi connectivity index (χ0) is 20.5. The monoisotopic (exact) mass is 435 g/mol. The summed E-state index contributed by atoms with van der Waals surface area (Å²) in [6.07, 6.45) is 0.0385. The second kappa shape index (κ2) is 9.10. The summed E-state index contributed by atoms with van der Waals surface area (Å²) in [5.41, 5.74) is 7.25. The van der Waals surface area contributed by atoms with Crippen LogP contribution in [0.25, 0.3) is 0 Å². The number of anilines is 1. The number of likely N-dealkylation sites (tertiary alicyclic amines) is 1. The first-order valence-corrected chi connectivity index (χ1v) is 9.76. The van der Waals surface area contributed by atoms with Crippen molar-refractivity contribution in [3.8, 4) is 0 Å². The summed E-state index contributed by atoms with van der Waals surface area (Å²) in [7, 11) is 0. The molecule has 0 saturated carbocycles. The fourth-order valence-electron chi connectivity index (χ4n) is 4.44. The van der Waals surface area contributed by atoms with Gasteiger partial charge in [-0.15, -0.1) is 12.4 Å². The Bertz CT molecular complexity index is 908. The van der Waals surface area contributed by atoms with Crippen LogP contribution in [0.4, 0.5) is 14.5 Å². The smallest absolute Gasteiger partial charge is 0.228 e. The van der Waals surface area contributed by atoms with Crippen LogP contribution < -0.4 is 10.6 Å². The van der Waals surface area contributed by atoms with E-state index in [1.165, 1.54) is 4.90 Å². The lowest BCUT2D eigenvalue weighted by atomic mass is 9.89. The van der Waals surface area contributed by atoms with Gasteiger partial charge in [-0.2, -0.15) is 0 Å². The Morgan fingerprint density at radius 2 is 1.70 bits per heavy atom. The first kappa shape index (κ1) is 22.2. The van der Waals surface area contributed by atoms with Crippen molar-refractivity contribution in [1.29, 1.82) is 0 Å². The summed E-state index contributed by atoms with van der Waals surface area (Å²) < 4.78 is 27.1. The Labute approximate surface area is 180 Å². The first-order valence-electron chi connectivity index (χ1n) is 9.76. The number of carbonyl (C=O) groups excluding carboxylic acids is 2. The molecule has 2 amide bonds. The van der Waals surface area contributed by atoms with Gasteiger partial charge in [0.25, 0.3) is 0 Å². The number of rotatable bonds is 4. The van der Waals surface area contributed by atoms with Gasteiger partial charge in [-0.25, -0.2) is 8.78 Å². The molecule has 2 heterocycles. The van der Waals surface area contributed by atoms with Crippen LogP contribution in [0.2, 0.25) is 0 Å². The lowest BCUT2D eigenvalue weighted by Crippen LogP contribution is -2.36. The third-order valence-electron chi connectivity index (χ3n) is 5.92. The SMILES string of the molecule is Cl.NC[C@@H]1CN(C(=O)C2CC(=O)N(c3cc(F)cc(F)c3)C2)C[C@H]1c1ccccc1. The van der Waals surface area contributed by atoms with Crippen molar-refractivity contribution in [2.45, 2.75) is 12.3 Å². The van der Waals surface area contributed by atoms with Crippen LogP contribution in [-0.4, -0.2) is 42.9 Å². The maximum absolute atomic E-state index is 13.5. The first-order chi connectivity index (χ1) is 14.0. The highest BCUT2D eigenvalue weighted by atomic mass is 35.5. The van der Waals surface area contributed by atoms with E-state index in [9.17, 15) is 18.4 Å². The van der Waals surface area contributed by atoms with Gasteiger partial charge in [-0.05, 0) is 30.2 Å². The Kier molecular flexibility index (Phi) is 6.73. The largest absolute Gasteiger partial charge is 0.341 e. The van der Waals surface area contributed by atoms with Gasteiger partial charge in [0.05, 0.1) is 5.92 Å². The van der Waals surface area contributed by atoms with E-state index in [0.717, 1.165) is 23.8 Å². The van der Waals surface area contributed by atoms with E-state index in [2.05, 4.69) is 0 Å². The summed E-state index contributed by atoms with van der Waals surface area (Å²) in [5.74, 6) is -2.11. The number of nitrogens with two attached hydrogens (primary N) is 1. The third-order valence-corrected chi connectivity index (χ3v) is 5.92. The van der Waals surface area contributed by atoms with Crippen molar-refractivity contribution in [2.24, 2.45) is 17.6 Å². The summed E-state index contributed by atoms with van der Waals surface area (Å²) in [5, 5.41) is 0. The van der Waals surface area contributed by atoms with Crippen molar-refractivity contribution >= 4 is 29.9 Å². The zero-order valence-corrected chi connectivity index (χ0v) is 17.2. The highest BCUT2D eigenvalue weighted by Gasteiger charge is 2.42. The standard InChI is InChI=1S/C22H23F2N3O2.ClH/c23-17-7-18(24)9-19(8-17)27-12-15(6-21(27)28)22(29)26-11-16(10-25)20(13-26)14-4-2-1-3-5-14;/h1-5,7-9,15-16,20H,6,10-13,25H2;1H/t15?,16-,20+;/m1./s1. The molecule has 5 nitrogen and oxygen atoms in total. The molecule has 2 aromatic rings. The van der Waals surface area contributed by atoms with Crippen molar-refractivity contribution < 1.29 is 18.4 Å². The van der Waals surface area contributed by atoms with Crippen LogP contribution in [0.5, 0.6) is 0 Å². The quantitative estimate of drug-likeness (QED) is 0.803. The predicted molar refractivity (Wildman–Crippen MR) is 112 cm³/mol. The molecule has 0 spiro atoms. The average molecular weight is 436 g/mol. The number of halogens is 3. The molecule has 2 aliphatic rings. The predicted octanol–water partition coefficient (Wildman–Crippen LogP) is 2.94. The van der Waals surface area contributed by atoms with Crippen molar-refractivity contribution in [1.82, 2.24) is 4.90 Å². The molecule has 1 unspecified atom stereocenters. The number of amides is 2. The molecule has 8 heteroatoms. The Morgan fingerprint density at radius 3 is 2.33 bits per heavy atom. The number of carbonyl (C=O) groups is 2. The summed E-state index contributed by atoms with van der Waals surface area (Å²) >= 11 is 0. The van der Waals surface area contributed by atoms with Crippen LogP contribution in [0.1, 0.15) is 17.9 Å². The zero-order valence-electron chi connectivity index (χ0n) is 16.3. The molecule has 2 aromatic carbocycles. The minimum atomic E-state index is -0.751. The lowest BCUT2D eigenvalue weighted by Gasteiger charge is -2.21. The van der Waals surface area contributed by atoms with E-state index in [0.29, 0.717) is 19.6 Å². The molecule has 160 valence electrons. The maximum Gasteiger partial charge on any atom is 0.228 e. The molecule has 2 saturated heterocycles. The molecule has 2 aliphatic heterocycles. The van der Waals surface area contributed by atoms with Crippen LogP contribution in [0, 0.1) is 23.5 Å². The lowest BCUT2D eigenvalue weighted by molar-refractivity contribution is -0.134. The molecule has 0 aliphatic carbocycles. The van der Waals surface area contributed by atoms with Gasteiger partial charge >= 0.3 is 0 Å². The van der Waals surface area contributed by atoms with Crippen LogP contribution in [0.15, 0.2) is 48.5 Å². The summed E-state index contributed by atoms with van der Waals surface area (Å²) in [4.78, 5) is 28.6. The van der Waals surface area contributed by atoms with Crippen molar-refractivity contribution in [2.75, 3.05) is 31.1 Å². The molecule has 4 rings (SSSR count). The van der Waals surface area contributed by atoms with E-state index in [4.69, 9.17) is 5.73 Å². The number of benzene rings is 2. The molecule has 2 fully saturated rings. The number of hydrogen-bond acceptors (Lipinski definition) is 3. The molecular weight excluding hydrogens is 412 g/mol. The molecule has 0 bridgehead atoms. The van der Waals surface area contributed by atoms with Crippen LogP contribution >= 0.6 is 12.4 Å². The highest BCUT2D eigenvalue weighted by molar-refractivity contribution is 6.00. The molecule has 30 heavy (non-hydrogen) atoms. The van der Waals surface area contributed by atoms with Gasteiger partial charge < -0.3 is 15.5 Å². The second-order valence-corrected chi connectivity index (χ2v) is 7.79. The van der Waals surface area contributed by atoms with Gasteiger partial charge in [-0.1, -0.05) is 30.3 Å². The average Bonchev–Trinajstić information content (AvgIpc) is 3.31. The maximum atomic E-state index is 13.5. The summed E-state index contributed by atoms with van der Waals surface area (Å²) in [6, 6.07) is 13.0. The molecule has 0 radical (unpaired) electrons. The Balaban J connectivity index is 0.00000256. The van der Waals surface area contributed by atoms with Crippen LogP contribution in [0.3, 0.4) is 0 Å². The minimum Gasteiger partial charge on any atom is -0.341 e. The van der Waals surface area contributed by atoms with E-state index in [1.54, 1.807) is 4.90 Å². The highest BCUT2D eigenvalue weighted by Crippen LogP contribution is 2.34. The second-order valence-electron chi connectivity index (χ2n) is 7.79. The molecule has 3 atom stereocenters. The van der Waals surface area contributed by atoms with E-state index < -0.39 is 17.6 Å². The topological polar surface area (TPSA) is 66.6 Å². The third kappa shape index (κ3) is 4.32. The van der Waals surface area contributed by atoms with Gasteiger partial charge in [0, 0.05) is 43.7 Å². The van der Waals surface area contributed by atoms with Gasteiger partial charge in [-0.3, -0.25) is 9.59 Å². The Hall–Kier alpha value is -2.51. The summed E-state index contributed by atoms with van der Waals surface area (Å²) in [6.45, 7) is 1.71. The van der Waals surface area contributed by atoms with E-state index >= 15 is 0 Å². The van der Waals surface area contributed by atoms with E-state index in [1.807, 2.05) is 30.3 Å². The van der Waals surface area contributed by atoms with Crippen LogP contribution in [-0.2, 0) is 9.59 Å². The van der Waals surface area contributed by atoms with Crippen molar-refractivity contribution in [3.63, 3.8) is 0 Å². The molecule has 2 N–H and O–H groups in total. The van der Waals surface area contributed by atoms with Gasteiger partial charge in [0.2, 0.25) is 11.8 Å². The van der Waals surface area contributed by atoms with Gasteiger partial charge in [0.15, 0.2) is 0 Å². The molecular formula is C22H24ClF2N3O2.